The molecule has 3 aromatic rings. The van der Waals surface area contributed by atoms with Gasteiger partial charge in [-0.2, -0.15) is 18.2 Å². The predicted octanol–water partition coefficient (Wildman–Crippen LogP) is 3.94. The summed E-state index contributed by atoms with van der Waals surface area (Å²) < 4.78 is 50.7. The normalized spacial score (nSPS) is 16.7. The van der Waals surface area contributed by atoms with Gasteiger partial charge in [0.2, 0.25) is 5.89 Å². The number of fused-ring (bicyclic) bond motifs is 1. The largest absolute Gasteiger partial charge is 0.490 e. The van der Waals surface area contributed by atoms with Crippen molar-refractivity contribution in [1.82, 2.24) is 19.6 Å². The summed E-state index contributed by atoms with van der Waals surface area (Å²) >= 11 is 0. The third-order valence-electron chi connectivity index (χ3n) is 4.88. The molecule has 150 valence electrons. The van der Waals surface area contributed by atoms with Gasteiger partial charge in [0.1, 0.15) is 18.4 Å². The molecule has 1 aromatic carbocycles. The number of nitrogens with zero attached hydrogens (tertiary/aromatic N) is 4. The summed E-state index contributed by atoms with van der Waals surface area (Å²) in [5.41, 5.74) is 0.527. The first-order valence-electron chi connectivity index (χ1n) is 9.20. The van der Waals surface area contributed by atoms with Gasteiger partial charge in [-0.1, -0.05) is 11.2 Å². The van der Waals surface area contributed by atoms with E-state index in [2.05, 4.69) is 15.0 Å². The Morgan fingerprint density at radius 3 is 2.68 bits per heavy atom. The van der Waals surface area contributed by atoms with E-state index in [0.29, 0.717) is 34.9 Å². The van der Waals surface area contributed by atoms with E-state index in [1.54, 1.807) is 25.1 Å². The molecule has 28 heavy (non-hydrogen) atoms. The number of hydrogen-bond acceptors (Lipinski definition) is 5. The lowest BCUT2D eigenvalue weighted by atomic mass is 10.1. The van der Waals surface area contributed by atoms with Gasteiger partial charge in [-0.15, -0.1) is 0 Å². The standard InChI is InChI=1S/C19H21F3N4O2/c1-13-23-18(28-24-13)11-25-8-5-14(6-9-25)27-17-4-2-3-16-15(17)7-10-26(16)12-19(20,21)22/h2-4,7,10,14H,5-6,8-9,11-12H2,1H3. The van der Waals surface area contributed by atoms with Gasteiger partial charge in [-0.25, -0.2) is 0 Å². The fraction of sp³-hybridized carbons (Fsp3) is 0.474. The highest BCUT2D eigenvalue weighted by Crippen LogP contribution is 2.31. The van der Waals surface area contributed by atoms with E-state index < -0.39 is 12.7 Å². The van der Waals surface area contributed by atoms with Crippen LogP contribution < -0.4 is 4.74 Å². The van der Waals surface area contributed by atoms with Gasteiger partial charge in [-0.05, 0) is 38.0 Å². The van der Waals surface area contributed by atoms with Crippen molar-refractivity contribution in [2.45, 2.75) is 45.1 Å². The molecule has 3 heterocycles. The molecule has 2 aromatic heterocycles. The summed E-state index contributed by atoms with van der Waals surface area (Å²) in [5.74, 6) is 1.86. The average Bonchev–Trinajstić information content (AvgIpc) is 3.22. The molecule has 0 unspecified atom stereocenters. The number of ether oxygens (including phenoxy) is 1. The zero-order chi connectivity index (χ0) is 19.7. The van der Waals surface area contributed by atoms with Crippen LogP contribution in [0.3, 0.4) is 0 Å². The number of piperidine rings is 1. The van der Waals surface area contributed by atoms with Crippen LogP contribution in [0.4, 0.5) is 13.2 Å². The van der Waals surface area contributed by atoms with Crippen LogP contribution in [-0.2, 0) is 13.1 Å². The lowest BCUT2D eigenvalue weighted by Gasteiger charge is -2.31. The highest BCUT2D eigenvalue weighted by atomic mass is 19.4. The number of likely N-dealkylation sites (tertiary alicyclic amines) is 1. The van der Waals surface area contributed by atoms with Crippen LogP contribution in [0, 0.1) is 6.92 Å². The number of benzene rings is 1. The van der Waals surface area contributed by atoms with Crippen LogP contribution in [0.25, 0.3) is 10.9 Å². The summed E-state index contributed by atoms with van der Waals surface area (Å²) in [5, 5.41) is 4.50. The Balaban J connectivity index is 1.39. The van der Waals surface area contributed by atoms with Gasteiger partial charge in [0.25, 0.3) is 0 Å². The van der Waals surface area contributed by atoms with Gasteiger partial charge in [0, 0.05) is 24.7 Å². The lowest BCUT2D eigenvalue weighted by molar-refractivity contribution is -0.139. The van der Waals surface area contributed by atoms with Crippen molar-refractivity contribution in [2.24, 2.45) is 0 Å². The van der Waals surface area contributed by atoms with Crippen molar-refractivity contribution in [2.75, 3.05) is 13.1 Å². The fourth-order valence-electron chi connectivity index (χ4n) is 3.59. The number of alkyl halides is 3. The van der Waals surface area contributed by atoms with Gasteiger partial charge in [0.05, 0.1) is 12.1 Å². The smallest absolute Gasteiger partial charge is 0.406 e. The van der Waals surface area contributed by atoms with Crippen LogP contribution in [0.1, 0.15) is 24.6 Å². The summed E-state index contributed by atoms with van der Waals surface area (Å²) in [6.45, 7) is 3.06. The van der Waals surface area contributed by atoms with Gasteiger partial charge in [0.15, 0.2) is 5.82 Å². The maximum atomic E-state index is 12.7. The first-order chi connectivity index (χ1) is 13.4. The Labute approximate surface area is 159 Å². The molecular weight excluding hydrogens is 373 g/mol. The maximum Gasteiger partial charge on any atom is 0.406 e. The lowest BCUT2D eigenvalue weighted by Crippen LogP contribution is -2.37. The zero-order valence-electron chi connectivity index (χ0n) is 15.4. The van der Waals surface area contributed by atoms with Gasteiger partial charge < -0.3 is 13.8 Å². The molecular formula is C19H21F3N4O2. The zero-order valence-corrected chi connectivity index (χ0v) is 15.4. The molecule has 1 saturated heterocycles. The van der Waals surface area contributed by atoms with Gasteiger partial charge >= 0.3 is 6.18 Å². The molecule has 0 N–H and O–H groups in total. The molecule has 0 amide bonds. The summed E-state index contributed by atoms with van der Waals surface area (Å²) in [6, 6.07) is 6.91. The number of aryl methyl sites for hydroxylation is 1. The van der Waals surface area contributed by atoms with Crippen molar-refractivity contribution in [3.8, 4) is 5.75 Å². The molecule has 4 rings (SSSR count). The van der Waals surface area contributed by atoms with Crippen LogP contribution in [0.15, 0.2) is 35.0 Å². The summed E-state index contributed by atoms with van der Waals surface area (Å²) in [7, 11) is 0. The van der Waals surface area contributed by atoms with E-state index in [9.17, 15) is 13.2 Å². The number of hydrogen-bond donors (Lipinski definition) is 0. The number of halogens is 3. The Morgan fingerprint density at radius 1 is 1.21 bits per heavy atom. The van der Waals surface area contributed by atoms with E-state index in [1.807, 2.05) is 6.07 Å². The van der Waals surface area contributed by atoms with Crippen molar-refractivity contribution in [3.05, 3.63) is 42.2 Å². The predicted molar refractivity (Wildman–Crippen MR) is 96.0 cm³/mol. The molecule has 1 aliphatic rings. The average molecular weight is 394 g/mol. The highest BCUT2D eigenvalue weighted by Gasteiger charge is 2.29. The quantitative estimate of drug-likeness (QED) is 0.656. The topological polar surface area (TPSA) is 56.3 Å². The molecule has 0 spiro atoms. The van der Waals surface area contributed by atoms with Gasteiger partial charge in [-0.3, -0.25) is 4.90 Å². The SMILES string of the molecule is Cc1noc(CN2CCC(Oc3cccc4c3ccn4CC(F)(F)F)CC2)n1. The minimum Gasteiger partial charge on any atom is -0.490 e. The molecule has 0 bridgehead atoms. The summed E-state index contributed by atoms with van der Waals surface area (Å²) in [4.78, 5) is 6.45. The Hall–Kier alpha value is -2.55. The second-order valence-electron chi connectivity index (χ2n) is 7.08. The molecule has 9 heteroatoms. The second-order valence-corrected chi connectivity index (χ2v) is 7.08. The van der Waals surface area contributed by atoms with Crippen LogP contribution in [-0.4, -0.2) is 45.0 Å². The van der Waals surface area contributed by atoms with E-state index in [0.717, 1.165) is 25.9 Å². The third-order valence-corrected chi connectivity index (χ3v) is 4.88. The second kappa shape index (κ2) is 7.46. The van der Waals surface area contributed by atoms with Crippen molar-refractivity contribution in [1.29, 1.82) is 0 Å². The van der Waals surface area contributed by atoms with Crippen LogP contribution in [0.5, 0.6) is 5.75 Å². The van der Waals surface area contributed by atoms with Crippen LogP contribution in [0.2, 0.25) is 0 Å². The van der Waals surface area contributed by atoms with E-state index in [-0.39, 0.29) is 6.10 Å². The molecule has 0 radical (unpaired) electrons. The minimum absolute atomic E-state index is 0.0252. The Bertz CT molecular complexity index is 942. The highest BCUT2D eigenvalue weighted by molar-refractivity contribution is 5.86. The number of rotatable bonds is 5. The Kier molecular flexibility index (Phi) is 5.01. The molecule has 6 nitrogen and oxygen atoms in total. The molecule has 0 atom stereocenters. The molecule has 0 aliphatic carbocycles. The summed E-state index contributed by atoms with van der Waals surface area (Å²) in [6.07, 6.45) is -1.12. The van der Waals surface area contributed by atoms with Crippen molar-refractivity contribution >= 4 is 10.9 Å². The fourth-order valence-corrected chi connectivity index (χ4v) is 3.59. The minimum atomic E-state index is -4.26. The molecule has 0 saturated carbocycles. The van der Waals surface area contributed by atoms with E-state index in [4.69, 9.17) is 9.26 Å². The Morgan fingerprint density at radius 2 is 2.00 bits per heavy atom. The van der Waals surface area contributed by atoms with E-state index in [1.165, 1.54) is 10.8 Å². The molecule has 1 aliphatic heterocycles. The van der Waals surface area contributed by atoms with Crippen molar-refractivity contribution in [3.63, 3.8) is 0 Å². The van der Waals surface area contributed by atoms with E-state index >= 15 is 0 Å². The first kappa shape index (κ1) is 18.8. The monoisotopic (exact) mass is 394 g/mol. The number of aromatic nitrogens is 3. The molecule has 1 fully saturated rings. The maximum absolute atomic E-state index is 12.7. The third kappa shape index (κ3) is 4.30. The first-order valence-corrected chi connectivity index (χ1v) is 9.20. The van der Waals surface area contributed by atoms with Crippen molar-refractivity contribution < 1.29 is 22.4 Å². The van der Waals surface area contributed by atoms with Crippen LogP contribution >= 0.6 is 0 Å².